The molecule has 1 aliphatic heterocycles. The van der Waals surface area contributed by atoms with Gasteiger partial charge in [-0.1, -0.05) is 53.2 Å². The van der Waals surface area contributed by atoms with Crippen LogP contribution in [0.3, 0.4) is 0 Å². The number of hydrogen-bond acceptors (Lipinski definition) is 18. The summed E-state index contributed by atoms with van der Waals surface area (Å²) >= 11 is 0. The number of rotatable bonds is 11. The van der Waals surface area contributed by atoms with Crippen molar-refractivity contribution in [1.29, 1.82) is 0 Å². The number of allylic oxidation sites excluding steroid dienone is 1. The van der Waals surface area contributed by atoms with Crippen LogP contribution in [0.15, 0.2) is 11.6 Å². The lowest BCUT2D eigenvalue weighted by Crippen LogP contribution is -2.70. The van der Waals surface area contributed by atoms with Crippen LogP contribution in [0.4, 0.5) is 0 Å². The van der Waals surface area contributed by atoms with Gasteiger partial charge in [0.2, 0.25) is 12.4 Å². The number of carbonyl (C=O) groups is 8. The lowest BCUT2D eigenvalue weighted by molar-refractivity contribution is -0.305. The van der Waals surface area contributed by atoms with Crippen molar-refractivity contribution >= 4 is 47.8 Å². The Bertz CT molecular complexity index is 2080. The average Bonchev–Trinajstić information content (AvgIpc) is 3.21. The summed E-state index contributed by atoms with van der Waals surface area (Å²) < 4.78 is 52.4. The fourth-order valence-corrected chi connectivity index (χ4v) is 14.1. The Kier molecular flexibility index (Phi) is 14.7. The second-order valence-corrected chi connectivity index (χ2v) is 22.0. The van der Waals surface area contributed by atoms with Crippen LogP contribution < -0.4 is 0 Å². The maximum Gasteiger partial charge on any atom is 0.315 e. The number of carbonyl (C=O) groups excluding carboxylic acids is 8. The Labute approximate surface area is 398 Å². The summed E-state index contributed by atoms with van der Waals surface area (Å²) in [6.45, 7) is 20.4. The maximum atomic E-state index is 15.4. The molecule has 16 atom stereocenters. The molecule has 68 heavy (non-hydrogen) atoms. The van der Waals surface area contributed by atoms with E-state index in [2.05, 4.69) is 26.8 Å². The van der Waals surface area contributed by atoms with Crippen molar-refractivity contribution in [3.8, 4) is 0 Å². The molecule has 0 aromatic rings. The van der Waals surface area contributed by atoms with Crippen LogP contribution in [0, 0.1) is 50.2 Å². The fourth-order valence-electron chi connectivity index (χ4n) is 14.1. The number of ether oxygens (including phenoxy) is 9. The first-order chi connectivity index (χ1) is 31.5. The molecule has 1 N–H and O–H groups in total. The monoisotopic (exact) mass is 960 g/mol. The molecule has 0 bridgehead atoms. The van der Waals surface area contributed by atoms with Gasteiger partial charge in [0, 0.05) is 59.8 Å². The van der Waals surface area contributed by atoms with Gasteiger partial charge in [0.05, 0.1) is 11.5 Å². The Morgan fingerprint density at radius 3 is 1.76 bits per heavy atom. The van der Waals surface area contributed by atoms with Gasteiger partial charge < -0.3 is 47.7 Å². The molecule has 0 spiro atoms. The van der Waals surface area contributed by atoms with Crippen LogP contribution >= 0.6 is 0 Å². The summed E-state index contributed by atoms with van der Waals surface area (Å²) in [6.07, 6.45) is -4.54. The largest absolute Gasteiger partial charge is 0.465 e. The Balaban J connectivity index is 1.43. The van der Waals surface area contributed by atoms with Crippen molar-refractivity contribution in [2.75, 3.05) is 13.2 Å². The second kappa shape index (κ2) is 19.0. The standard InChI is InChI=1S/C50H72O18/c1-25(51)60-23-34-38(63-28(4)54)39(64-29(5)55)40(65-30(6)56)43(67-34)68-44(59)50-20-18-45(8,9)41(58)37(50)32-14-15-36-46(10)22-33(62-27(3)53)42(66-31(7)57)47(11,24-61-26(2)52)35(46)16-17-49(36,13)48(32,12)19-21-50/h14,33-43,58H,15-24H2,1-13H3. The molecule has 1 heterocycles. The van der Waals surface area contributed by atoms with Crippen molar-refractivity contribution < 1.29 is 86.1 Å². The third kappa shape index (κ3) is 9.28. The lowest BCUT2D eigenvalue weighted by Gasteiger charge is -2.72. The number of esters is 8. The molecule has 18 nitrogen and oxygen atoms in total. The highest BCUT2D eigenvalue weighted by Gasteiger charge is 2.73. The quantitative estimate of drug-likeness (QED) is 0.155. The number of fused-ring (bicyclic) bond motifs is 7. The minimum atomic E-state index is -1.75. The van der Waals surface area contributed by atoms with Crippen LogP contribution in [0.1, 0.15) is 141 Å². The minimum Gasteiger partial charge on any atom is -0.465 e. The van der Waals surface area contributed by atoms with E-state index in [4.69, 9.17) is 42.6 Å². The van der Waals surface area contributed by atoms with Crippen molar-refractivity contribution in [2.45, 2.75) is 190 Å². The van der Waals surface area contributed by atoms with Crippen molar-refractivity contribution in [3.63, 3.8) is 0 Å². The van der Waals surface area contributed by atoms with E-state index in [9.17, 15) is 38.7 Å². The third-order valence-corrected chi connectivity index (χ3v) is 17.3. The molecule has 1 saturated heterocycles. The SMILES string of the molecule is CC(=O)OCC1OC(OC(=O)C23CCC(C)(C)C(O)C2C2=CCC4C5(C)CC(OC(C)=O)C(OC(C)=O)C(C)(COC(C)=O)C5CCC4(C)C2(C)CC3)C(OC(C)=O)C(OC(C)=O)C1OC(C)=O. The summed E-state index contributed by atoms with van der Waals surface area (Å²) in [5, 5.41) is 12.7. The summed E-state index contributed by atoms with van der Waals surface area (Å²) in [5.41, 5.74) is -3.61. The van der Waals surface area contributed by atoms with Crippen LogP contribution in [0.5, 0.6) is 0 Å². The Hall–Kier alpha value is -4.58. The predicted octanol–water partition coefficient (Wildman–Crippen LogP) is 5.40. The van der Waals surface area contributed by atoms with Gasteiger partial charge in [-0.2, -0.15) is 0 Å². The molecule has 18 heteroatoms. The lowest BCUT2D eigenvalue weighted by atomic mass is 9.33. The van der Waals surface area contributed by atoms with E-state index in [1.165, 1.54) is 20.8 Å². The number of aliphatic hydroxyl groups is 1. The van der Waals surface area contributed by atoms with E-state index in [0.717, 1.165) is 33.3 Å². The van der Waals surface area contributed by atoms with Gasteiger partial charge in [-0.3, -0.25) is 38.4 Å². The fraction of sp³-hybridized carbons (Fsp3) is 0.800. The van der Waals surface area contributed by atoms with E-state index in [1.54, 1.807) is 0 Å². The number of aliphatic hydroxyl groups excluding tert-OH is 1. The highest BCUT2D eigenvalue weighted by molar-refractivity contribution is 5.79. The normalized spacial score (nSPS) is 41.2. The Morgan fingerprint density at radius 1 is 0.632 bits per heavy atom. The van der Waals surface area contributed by atoms with Crippen LogP contribution in [0.2, 0.25) is 0 Å². The summed E-state index contributed by atoms with van der Waals surface area (Å²) in [7, 11) is 0. The van der Waals surface area contributed by atoms with Crippen LogP contribution in [0.25, 0.3) is 0 Å². The molecule has 5 fully saturated rings. The van der Waals surface area contributed by atoms with Gasteiger partial charge in [-0.25, -0.2) is 0 Å². The van der Waals surface area contributed by atoms with Crippen molar-refractivity contribution in [2.24, 2.45) is 50.2 Å². The van der Waals surface area contributed by atoms with Crippen molar-refractivity contribution in [1.82, 2.24) is 0 Å². The molecule has 0 aromatic carbocycles. The minimum absolute atomic E-state index is 0.0543. The molecule has 5 aliphatic carbocycles. The van der Waals surface area contributed by atoms with Crippen LogP contribution in [-0.2, 0) is 81.0 Å². The second-order valence-electron chi connectivity index (χ2n) is 22.0. The van der Waals surface area contributed by atoms with E-state index >= 15 is 4.79 Å². The molecular weight excluding hydrogens is 889 g/mol. The van der Waals surface area contributed by atoms with Gasteiger partial charge in [-0.05, 0) is 84.9 Å². The zero-order chi connectivity index (χ0) is 50.7. The predicted molar refractivity (Wildman–Crippen MR) is 236 cm³/mol. The molecule has 0 radical (unpaired) electrons. The maximum absolute atomic E-state index is 15.4. The molecule has 0 aromatic heterocycles. The molecular formula is C50H72O18. The third-order valence-electron chi connectivity index (χ3n) is 17.3. The molecule has 6 aliphatic rings. The highest BCUT2D eigenvalue weighted by Crippen LogP contribution is 2.76. The summed E-state index contributed by atoms with van der Waals surface area (Å²) in [4.78, 5) is 103. The first kappa shape index (κ1) is 52.8. The smallest absolute Gasteiger partial charge is 0.315 e. The summed E-state index contributed by atoms with van der Waals surface area (Å²) in [5.74, 6) is -6.46. The zero-order valence-corrected chi connectivity index (χ0v) is 41.9. The van der Waals surface area contributed by atoms with Crippen molar-refractivity contribution in [3.05, 3.63) is 11.6 Å². The molecule has 4 saturated carbocycles. The van der Waals surface area contributed by atoms with E-state index in [0.29, 0.717) is 44.9 Å². The average molecular weight is 961 g/mol. The molecule has 16 unspecified atom stereocenters. The van der Waals surface area contributed by atoms with Gasteiger partial charge in [0.25, 0.3) is 0 Å². The van der Waals surface area contributed by atoms with Gasteiger partial charge in [0.15, 0.2) is 12.2 Å². The van der Waals surface area contributed by atoms with E-state index in [-0.39, 0.29) is 24.9 Å². The first-order valence-electron chi connectivity index (χ1n) is 23.9. The van der Waals surface area contributed by atoms with Gasteiger partial charge in [-0.15, -0.1) is 0 Å². The van der Waals surface area contributed by atoms with Gasteiger partial charge in [0.1, 0.15) is 31.5 Å². The molecule has 380 valence electrons. The zero-order valence-electron chi connectivity index (χ0n) is 41.9. The highest BCUT2D eigenvalue weighted by atomic mass is 16.7. The summed E-state index contributed by atoms with van der Waals surface area (Å²) in [6, 6.07) is 0. The topological polar surface area (TPSA) is 240 Å². The number of hydrogen-bond donors (Lipinski definition) is 1. The van der Waals surface area contributed by atoms with E-state index < -0.39 is 142 Å². The first-order valence-corrected chi connectivity index (χ1v) is 23.9. The van der Waals surface area contributed by atoms with E-state index in [1.807, 2.05) is 20.8 Å². The Morgan fingerprint density at radius 2 is 1.19 bits per heavy atom. The molecule has 0 amide bonds. The van der Waals surface area contributed by atoms with Gasteiger partial charge >= 0.3 is 47.8 Å². The molecule has 6 rings (SSSR count). The van der Waals surface area contributed by atoms with Crippen LogP contribution in [-0.4, -0.2) is 115 Å².